The third kappa shape index (κ3) is 2.53. The highest BCUT2D eigenvalue weighted by Crippen LogP contribution is 2.30. The van der Waals surface area contributed by atoms with Crippen LogP contribution >= 0.6 is 27.3 Å². The summed E-state index contributed by atoms with van der Waals surface area (Å²) < 4.78 is 1.29. The van der Waals surface area contributed by atoms with Crippen LogP contribution in [-0.4, -0.2) is 41.5 Å². The number of hydrogen-bond acceptors (Lipinski definition) is 3. The zero-order valence-corrected chi connectivity index (χ0v) is 13.3. The van der Waals surface area contributed by atoms with E-state index in [1.807, 2.05) is 11.3 Å². The van der Waals surface area contributed by atoms with Gasteiger partial charge in [0.05, 0.1) is 0 Å². The van der Waals surface area contributed by atoms with E-state index in [2.05, 4.69) is 44.1 Å². The molecule has 2 atom stereocenters. The van der Waals surface area contributed by atoms with Gasteiger partial charge in [-0.25, -0.2) is 0 Å². The quantitative estimate of drug-likeness (QED) is 0.836. The summed E-state index contributed by atoms with van der Waals surface area (Å²) in [4.78, 5) is 6.91. The first-order valence-electron chi connectivity index (χ1n) is 6.98. The molecule has 2 aliphatic heterocycles. The molecule has 0 amide bonds. The van der Waals surface area contributed by atoms with Crippen LogP contribution in [0.1, 0.15) is 31.1 Å². The largest absolute Gasteiger partial charge is 0.298 e. The predicted octanol–water partition coefficient (Wildman–Crippen LogP) is 3.57. The minimum absolute atomic E-state index is 0.744. The van der Waals surface area contributed by atoms with Crippen molar-refractivity contribution < 1.29 is 0 Å². The number of halogens is 1. The molecule has 0 saturated carbocycles. The summed E-state index contributed by atoms with van der Waals surface area (Å²) in [6.45, 7) is 7.34. The van der Waals surface area contributed by atoms with Crippen molar-refractivity contribution in [3.63, 3.8) is 0 Å². The Hall–Kier alpha value is 0.100. The Balaban J connectivity index is 1.71. The van der Waals surface area contributed by atoms with Crippen LogP contribution in [-0.2, 0) is 6.54 Å². The fourth-order valence-electron chi connectivity index (χ4n) is 3.35. The van der Waals surface area contributed by atoms with Crippen molar-refractivity contribution in [3.05, 3.63) is 20.8 Å². The smallest absolute Gasteiger partial charge is 0.0343 e. The maximum Gasteiger partial charge on any atom is 0.0343 e. The molecule has 2 saturated heterocycles. The molecule has 0 spiro atoms. The second kappa shape index (κ2) is 5.61. The lowest BCUT2D eigenvalue weighted by Crippen LogP contribution is -2.55. The number of fused-ring (bicyclic) bond motifs is 1. The van der Waals surface area contributed by atoms with Gasteiger partial charge in [0.15, 0.2) is 0 Å². The van der Waals surface area contributed by atoms with E-state index in [-0.39, 0.29) is 0 Å². The van der Waals surface area contributed by atoms with Crippen molar-refractivity contribution in [2.45, 2.75) is 44.8 Å². The minimum atomic E-state index is 0.744. The number of nitrogens with zero attached hydrogens (tertiary/aromatic N) is 2. The molecule has 1 aromatic heterocycles. The van der Waals surface area contributed by atoms with E-state index in [1.54, 1.807) is 0 Å². The Bertz CT molecular complexity index is 406. The van der Waals surface area contributed by atoms with Crippen molar-refractivity contribution in [2.24, 2.45) is 0 Å². The Labute approximate surface area is 122 Å². The fourth-order valence-corrected chi connectivity index (χ4v) is 4.85. The van der Waals surface area contributed by atoms with E-state index in [1.165, 1.54) is 48.2 Å². The van der Waals surface area contributed by atoms with Crippen LogP contribution < -0.4 is 0 Å². The zero-order valence-electron chi connectivity index (χ0n) is 10.9. The highest BCUT2D eigenvalue weighted by molar-refractivity contribution is 9.10. The van der Waals surface area contributed by atoms with E-state index in [0.717, 1.165) is 18.6 Å². The molecule has 0 aromatic carbocycles. The number of hydrogen-bond donors (Lipinski definition) is 0. The Kier molecular flexibility index (Phi) is 4.09. The van der Waals surface area contributed by atoms with E-state index in [0.29, 0.717) is 0 Å². The van der Waals surface area contributed by atoms with Gasteiger partial charge in [0.2, 0.25) is 0 Å². The molecule has 1 aromatic rings. The van der Waals surface area contributed by atoms with Gasteiger partial charge in [-0.05, 0) is 53.2 Å². The van der Waals surface area contributed by atoms with Crippen LogP contribution in [0.2, 0.25) is 0 Å². The SMILES string of the molecule is CCC1CN2CCCC2CN1Cc1sccc1Br. The van der Waals surface area contributed by atoms with Crippen molar-refractivity contribution in [3.8, 4) is 0 Å². The third-order valence-electron chi connectivity index (χ3n) is 4.41. The summed E-state index contributed by atoms with van der Waals surface area (Å²) in [6, 6.07) is 3.74. The van der Waals surface area contributed by atoms with E-state index >= 15 is 0 Å². The standard InChI is InChI=1S/C14H21BrN2S/c1-2-11-8-16-6-3-4-12(16)9-17(11)10-14-13(15)5-7-18-14/h5,7,11-12H,2-4,6,8-10H2,1H3. The van der Waals surface area contributed by atoms with Gasteiger partial charge in [-0.3, -0.25) is 9.80 Å². The molecule has 0 aliphatic carbocycles. The molecule has 3 heterocycles. The minimum Gasteiger partial charge on any atom is -0.298 e. The number of thiophene rings is 1. The summed E-state index contributed by atoms with van der Waals surface area (Å²) in [5.41, 5.74) is 0. The van der Waals surface area contributed by atoms with E-state index < -0.39 is 0 Å². The summed E-state index contributed by atoms with van der Waals surface area (Å²) in [5, 5.41) is 2.19. The topological polar surface area (TPSA) is 6.48 Å². The highest BCUT2D eigenvalue weighted by atomic mass is 79.9. The van der Waals surface area contributed by atoms with Gasteiger partial charge < -0.3 is 0 Å². The molecule has 2 unspecified atom stereocenters. The fraction of sp³-hybridized carbons (Fsp3) is 0.714. The number of piperazine rings is 1. The van der Waals surface area contributed by atoms with E-state index in [4.69, 9.17) is 0 Å². The zero-order chi connectivity index (χ0) is 12.5. The Morgan fingerprint density at radius 1 is 1.44 bits per heavy atom. The normalized spacial score (nSPS) is 29.7. The van der Waals surface area contributed by atoms with Crippen LogP contribution in [0.3, 0.4) is 0 Å². The maximum absolute atomic E-state index is 3.66. The summed E-state index contributed by atoms with van der Waals surface area (Å²) in [7, 11) is 0. The predicted molar refractivity (Wildman–Crippen MR) is 81.1 cm³/mol. The molecule has 4 heteroatoms. The lowest BCUT2D eigenvalue weighted by Gasteiger charge is -2.43. The van der Waals surface area contributed by atoms with Crippen molar-refractivity contribution in [1.82, 2.24) is 9.80 Å². The molecule has 0 bridgehead atoms. The van der Waals surface area contributed by atoms with Gasteiger partial charge in [-0.2, -0.15) is 0 Å². The maximum atomic E-state index is 3.66. The summed E-state index contributed by atoms with van der Waals surface area (Å²) in [5.74, 6) is 0. The van der Waals surface area contributed by atoms with Crippen molar-refractivity contribution in [1.29, 1.82) is 0 Å². The molecule has 2 fully saturated rings. The van der Waals surface area contributed by atoms with Crippen molar-refractivity contribution in [2.75, 3.05) is 19.6 Å². The van der Waals surface area contributed by atoms with Crippen LogP contribution in [0.15, 0.2) is 15.9 Å². The summed E-state index contributed by atoms with van der Waals surface area (Å²) in [6.07, 6.45) is 4.07. The molecule has 0 radical (unpaired) electrons. The van der Waals surface area contributed by atoms with Gasteiger partial charge in [0.25, 0.3) is 0 Å². The molecular weight excluding hydrogens is 308 g/mol. The van der Waals surface area contributed by atoms with Gasteiger partial charge in [-0.15, -0.1) is 11.3 Å². The second-order valence-corrected chi connectivity index (χ2v) is 7.33. The average molecular weight is 329 g/mol. The lowest BCUT2D eigenvalue weighted by atomic mass is 10.1. The van der Waals surface area contributed by atoms with Crippen LogP contribution in [0.5, 0.6) is 0 Å². The average Bonchev–Trinajstić information content (AvgIpc) is 2.98. The van der Waals surface area contributed by atoms with Crippen LogP contribution in [0, 0.1) is 0 Å². The third-order valence-corrected chi connectivity index (χ3v) is 6.33. The summed E-state index contributed by atoms with van der Waals surface area (Å²) >= 11 is 5.54. The molecule has 18 heavy (non-hydrogen) atoms. The molecule has 3 rings (SSSR count). The van der Waals surface area contributed by atoms with E-state index in [9.17, 15) is 0 Å². The monoisotopic (exact) mass is 328 g/mol. The molecular formula is C14H21BrN2S. The second-order valence-electron chi connectivity index (χ2n) is 5.47. The Morgan fingerprint density at radius 3 is 3.06 bits per heavy atom. The lowest BCUT2D eigenvalue weighted by molar-refractivity contribution is 0.0443. The van der Waals surface area contributed by atoms with Gasteiger partial charge >= 0.3 is 0 Å². The molecule has 2 nitrogen and oxygen atoms in total. The molecule has 0 N–H and O–H groups in total. The van der Waals surface area contributed by atoms with Crippen molar-refractivity contribution >= 4 is 27.3 Å². The molecule has 100 valence electrons. The molecule has 2 aliphatic rings. The van der Waals surface area contributed by atoms with Gasteiger partial charge in [0, 0.05) is 41.1 Å². The highest BCUT2D eigenvalue weighted by Gasteiger charge is 2.35. The first-order chi connectivity index (χ1) is 8.78. The van der Waals surface area contributed by atoms with Crippen LogP contribution in [0.4, 0.5) is 0 Å². The first kappa shape index (κ1) is 13.1. The van der Waals surface area contributed by atoms with Crippen LogP contribution in [0.25, 0.3) is 0 Å². The van der Waals surface area contributed by atoms with Gasteiger partial charge in [0.1, 0.15) is 0 Å². The van der Waals surface area contributed by atoms with Gasteiger partial charge in [-0.1, -0.05) is 6.92 Å². The number of rotatable bonds is 3. The first-order valence-corrected chi connectivity index (χ1v) is 8.65. The Morgan fingerprint density at radius 2 is 2.33 bits per heavy atom.